The molecule has 3 heteroatoms. The molecule has 0 aromatic heterocycles. The highest BCUT2D eigenvalue weighted by atomic mass is 35.5. The maximum absolute atomic E-state index is 9.01. The molecular weight excluding hydrogens is 248 g/mol. The highest BCUT2D eigenvalue weighted by molar-refractivity contribution is 6.32. The van der Waals surface area contributed by atoms with Crippen LogP contribution in [0.5, 0.6) is 5.75 Å². The lowest BCUT2D eigenvalue weighted by Crippen LogP contribution is -2.03. The average molecular weight is 263 g/mol. The average Bonchev–Trinajstić information content (AvgIpc) is 2.42. The first-order valence-electron chi connectivity index (χ1n) is 5.81. The molecule has 0 aliphatic rings. The second-order valence-electron chi connectivity index (χ2n) is 4.09. The maximum Gasteiger partial charge on any atom is 0.138 e. The number of aliphatic hydroxyl groups is 1. The highest BCUT2D eigenvalue weighted by Crippen LogP contribution is 2.29. The standard InChI is InChI=1S/C15H15ClO2/c1-11(13-5-3-2-4-6-13)18-15-8-7-12(10-17)9-14(15)16/h2-9,11,17H,10H2,1H3. The molecule has 1 N–H and O–H groups in total. The number of hydrogen-bond acceptors (Lipinski definition) is 2. The molecule has 94 valence electrons. The lowest BCUT2D eigenvalue weighted by Gasteiger charge is -2.16. The lowest BCUT2D eigenvalue weighted by molar-refractivity contribution is 0.226. The summed E-state index contributed by atoms with van der Waals surface area (Å²) in [7, 11) is 0. The van der Waals surface area contributed by atoms with E-state index in [9.17, 15) is 0 Å². The summed E-state index contributed by atoms with van der Waals surface area (Å²) in [4.78, 5) is 0. The molecule has 2 aromatic rings. The van der Waals surface area contributed by atoms with Crippen LogP contribution in [-0.2, 0) is 6.61 Å². The van der Waals surface area contributed by atoms with Crippen LogP contribution in [0.15, 0.2) is 48.5 Å². The minimum absolute atomic E-state index is 0.0196. The third kappa shape index (κ3) is 3.03. The van der Waals surface area contributed by atoms with Gasteiger partial charge in [-0.25, -0.2) is 0 Å². The Morgan fingerprint density at radius 1 is 1.17 bits per heavy atom. The van der Waals surface area contributed by atoms with Crippen molar-refractivity contribution in [3.8, 4) is 5.75 Å². The van der Waals surface area contributed by atoms with Crippen LogP contribution in [-0.4, -0.2) is 5.11 Å². The number of ether oxygens (including phenoxy) is 1. The van der Waals surface area contributed by atoms with Gasteiger partial charge >= 0.3 is 0 Å². The van der Waals surface area contributed by atoms with E-state index in [1.807, 2.05) is 37.3 Å². The molecule has 18 heavy (non-hydrogen) atoms. The van der Waals surface area contributed by atoms with Gasteiger partial charge in [-0.2, -0.15) is 0 Å². The minimum Gasteiger partial charge on any atom is -0.484 e. The number of benzene rings is 2. The maximum atomic E-state index is 9.01. The van der Waals surface area contributed by atoms with Gasteiger partial charge in [0.25, 0.3) is 0 Å². The molecule has 2 rings (SSSR count). The number of rotatable bonds is 4. The molecule has 0 heterocycles. The van der Waals surface area contributed by atoms with Crippen LogP contribution in [0.25, 0.3) is 0 Å². The Hall–Kier alpha value is -1.51. The van der Waals surface area contributed by atoms with Gasteiger partial charge in [0.05, 0.1) is 11.6 Å². The van der Waals surface area contributed by atoms with E-state index < -0.39 is 0 Å². The smallest absolute Gasteiger partial charge is 0.138 e. The van der Waals surface area contributed by atoms with Crippen molar-refractivity contribution in [1.29, 1.82) is 0 Å². The van der Waals surface area contributed by atoms with Crippen molar-refractivity contribution in [3.05, 3.63) is 64.7 Å². The molecule has 2 nitrogen and oxygen atoms in total. The largest absolute Gasteiger partial charge is 0.484 e. The van der Waals surface area contributed by atoms with Crippen LogP contribution >= 0.6 is 11.6 Å². The summed E-state index contributed by atoms with van der Waals surface area (Å²) in [6, 6.07) is 15.3. The van der Waals surface area contributed by atoms with Gasteiger partial charge < -0.3 is 9.84 Å². The van der Waals surface area contributed by atoms with Crippen LogP contribution in [0, 0.1) is 0 Å². The predicted molar refractivity (Wildman–Crippen MR) is 72.9 cm³/mol. The second-order valence-corrected chi connectivity index (χ2v) is 4.50. The molecule has 1 atom stereocenters. The van der Waals surface area contributed by atoms with Crippen LogP contribution in [0.2, 0.25) is 5.02 Å². The van der Waals surface area contributed by atoms with E-state index in [1.165, 1.54) is 0 Å². The van der Waals surface area contributed by atoms with Gasteiger partial charge in [0.15, 0.2) is 0 Å². The first kappa shape index (κ1) is 12.9. The molecule has 0 saturated heterocycles. The number of aliphatic hydroxyl groups excluding tert-OH is 1. The van der Waals surface area contributed by atoms with Crippen LogP contribution in [0.4, 0.5) is 0 Å². The van der Waals surface area contributed by atoms with Crippen molar-refractivity contribution in [2.24, 2.45) is 0 Å². The molecule has 0 amide bonds. The molecule has 0 bridgehead atoms. The molecule has 0 spiro atoms. The van der Waals surface area contributed by atoms with Crippen molar-refractivity contribution < 1.29 is 9.84 Å². The highest BCUT2D eigenvalue weighted by Gasteiger charge is 2.09. The molecular formula is C15H15ClO2. The van der Waals surface area contributed by atoms with E-state index in [-0.39, 0.29) is 12.7 Å². The van der Waals surface area contributed by atoms with E-state index >= 15 is 0 Å². The van der Waals surface area contributed by atoms with E-state index in [2.05, 4.69) is 0 Å². The lowest BCUT2D eigenvalue weighted by atomic mass is 10.1. The minimum atomic E-state index is -0.0660. The number of hydrogen-bond donors (Lipinski definition) is 1. The van der Waals surface area contributed by atoms with E-state index in [1.54, 1.807) is 18.2 Å². The molecule has 0 radical (unpaired) electrons. The summed E-state index contributed by atoms with van der Waals surface area (Å²) >= 11 is 6.10. The molecule has 1 unspecified atom stereocenters. The van der Waals surface area contributed by atoms with Crippen LogP contribution < -0.4 is 4.74 Å². The second kappa shape index (κ2) is 5.89. The fourth-order valence-corrected chi connectivity index (χ4v) is 1.97. The fraction of sp³-hybridized carbons (Fsp3) is 0.200. The normalized spacial score (nSPS) is 12.2. The summed E-state index contributed by atoms with van der Waals surface area (Å²) in [6.07, 6.45) is -0.0660. The predicted octanol–water partition coefficient (Wildman–Crippen LogP) is 3.97. The molecule has 0 saturated carbocycles. The summed E-state index contributed by atoms with van der Waals surface area (Å²) < 4.78 is 5.82. The Morgan fingerprint density at radius 3 is 2.50 bits per heavy atom. The first-order valence-corrected chi connectivity index (χ1v) is 6.19. The summed E-state index contributed by atoms with van der Waals surface area (Å²) in [5, 5.41) is 9.53. The summed E-state index contributed by atoms with van der Waals surface area (Å²) in [6.45, 7) is 1.96. The molecule has 0 fully saturated rings. The van der Waals surface area contributed by atoms with E-state index in [0.717, 1.165) is 11.1 Å². The van der Waals surface area contributed by atoms with Crippen molar-refractivity contribution in [2.75, 3.05) is 0 Å². The zero-order chi connectivity index (χ0) is 13.0. The third-order valence-electron chi connectivity index (χ3n) is 2.75. The fourth-order valence-electron chi connectivity index (χ4n) is 1.72. The van der Waals surface area contributed by atoms with Crippen molar-refractivity contribution in [2.45, 2.75) is 19.6 Å². The topological polar surface area (TPSA) is 29.5 Å². The zero-order valence-corrected chi connectivity index (χ0v) is 10.9. The zero-order valence-electron chi connectivity index (χ0n) is 10.1. The Kier molecular flexibility index (Phi) is 4.24. The Labute approximate surface area is 112 Å². The molecule has 0 aliphatic heterocycles. The van der Waals surface area contributed by atoms with Gasteiger partial charge in [0.1, 0.15) is 11.9 Å². The van der Waals surface area contributed by atoms with E-state index in [0.29, 0.717) is 10.8 Å². The van der Waals surface area contributed by atoms with Crippen LogP contribution in [0.3, 0.4) is 0 Å². The monoisotopic (exact) mass is 262 g/mol. The van der Waals surface area contributed by atoms with Crippen LogP contribution in [0.1, 0.15) is 24.2 Å². The summed E-state index contributed by atoms with van der Waals surface area (Å²) in [5.74, 6) is 0.630. The van der Waals surface area contributed by atoms with E-state index in [4.69, 9.17) is 21.4 Å². The van der Waals surface area contributed by atoms with Gasteiger partial charge in [0.2, 0.25) is 0 Å². The van der Waals surface area contributed by atoms with Gasteiger partial charge in [-0.1, -0.05) is 48.0 Å². The van der Waals surface area contributed by atoms with Crippen molar-refractivity contribution >= 4 is 11.6 Å². The quantitative estimate of drug-likeness (QED) is 0.903. The molecule has 0 aliphatic carbocycles. The summed E-state index contributed by atoms with van der Waals surface area (Å²) in [5.41, 5.74) is 1.87. The van der Waals surface area contributed by atoms with Gasteiger partial charge in [-0.3, -0.25) is 0 Å². The van der Waals surface area contributed by atoms with Crippen molar-refractivity contribution in [1.82, 2.24) is 0 Å². The third-order valence-corrected chi connectivity index (χ3v) is 3.05. The van der Waals surface area contributed by atoms with Crippen molar-refractivity contribution in [3.63, 3.8) is 0 Å². The van der Waals surface area contributed by atoms with Gasteiger partial charge in [-0.05, 0) is 30.2 Å². The Bertz CT molecular complexity index is 511. The van der Waals surface area contributed by atoms with Gasteiger partial charge in [-0.15, -0.1) is 0 Å². The molecule has 2 aromatic carbocycles. The number of halogens is 1. The Morgan fingerprint density at radius 2 is 1.89 bits per heavy atom. The Balaban J connectivity index is 2.14. The first-order chi connectivity index (χ1) is 8.70. The SMILES string of the molecule is CC(Oc1ccc(CO)cc1Cl)c1ccccc1. The van der Waals surface area contributed by atoms with Gasteiger partial charge in [0, 0.05) is 0 Å².